The maximum atomic E-state index is 13.2. The fraction of sp³-hybridized carbons (Fsp3) is 0.435. The number of hydrogen-bond acceptors (Lipinski definition) is 5. The monoisotopic (exact) mass is 517 g/mol. The molecule has 2 N–H and O–H groups in total. The van der Waals surface area contributed by atoms with Gasteiger partial charge in [-0.25, -0.2) is 17.9 Å². The van der Waals surface area contributed by atoms with Crippen LogP contribution in [0.2, 0.25) is 0 Å². The normalized spacial score (nSPS) is 19.6. The second-order valence-corrected chi connectivity index (χ2v) is 10.3. The van der Waals surface area contributed by atoms with Crippen LogP contribution in [0, 0.1) is 5.82 Å². The first-order valence-corrected chi connectivity index (χ1v) is 12.6. The van der Waals surface area contributed by atoms with E-state index in [0.29, 0.717) is 25.7 Å². The number of carbonyl (C=O) groups excluding carboxylic acids is 1. The van der Waals surface area contributed by atoms with Crippen molar-refractivity contribution in [1.29, 1.82) is 0 Å². The van der Waals surface area contributed by atoms with Gasteiger partial charge in [0.25, 0.3) is 5.91 Å². The Hall–Kier alpha value is -2.70. The van der Waals surface area contributed by atoms with E-state index in [1.807, 2.05) is 13.8 Å². The largest absolute Gasteiger partial charge is 0.483 e. The number of ether oxygens (including phenoxy) is 1. The van der Waals surface area contributed by atoms with Crippen molar-refractivity contribution in [3.05, 3.63) is 65.0 Å². The second-order valence-electron chi connectivity index (χ2n) is 8.72. The summed E-state index contributed by atoms with van der Waals surface area (Å²) >= 11 is 0. The first-order valence-electron chi connectivity index (χ1n) is 10.8. The number of sulfonamides is 1. The summed E-state index contributed by atoms with van der Waals surface area (Å²) in [6.07, 6.45) is -4.68. The van der Waals surface area contributed by atoms with Crippen LogP contribution in [-0.2, 0) is 33.3 Å². The molecule has 1 saturated heterocycles. The summed E-state index contributed by atoms with van der Waals surface area (Å²) in [6, 6.07) is 8.42. The van der Waals surface area contributed by atoms with Crippen LogP contribution in [-0.4, -0.2) is 55.9 Å². The van der Waals surface area contributed by atoms with E-state index in [9.17, 15) is 30.8 Å². The molecule has 192 valence electrons. The molecule has 0 aromatic heterocycles. The van der Waals surface area contributed by atoms with Crippen LogP contribution in [0.3, 0.4) is 0 Å². The highest BCUT2D eigenvalue weighted by Crippen LogP contribution is 2.33. The molecule has 12 heteroatoms. The van der Waals surface area contributed by atoms with Gasteiger partial charge >= 0.3 is 6.18 Å². The molecule has 1 heterocycles. The number of piperazine rings is 1. The Balaban J connectivity index is 1.66. The van der Waals surface area contributed by atoms with Crippen molar-refractivity contribution >= 4 is 15.9 Å². The molecule has 0 unspecified atom stereocenters. The van der Waals surface area contributed by atoms with Crippen molar-refractivity contribution < 1.29 is 35.5 Å². The highest BCUT2D eigenvalue weighted by Gasteiger charge is 2.33. The van der Waals surface area contributed by atoms with E-state index in [1.54, 1.807) is 17.0 Å². The molecule has 2 atom stereocenters. The van der Waals surface area contributed by atoms with Crippen LogP contribution < -0.4 is 9.88 Å². The average Bonchev–Trinajstić information content (AvgIpc) is 2.74. The van der Waals surface area contributed by atoms with Gasteiger partial charge < -0.3 is 9.64 Å². The van der Waals surface area contributed by atoms with Crippen molar-refractivity contribution in [2.75, 3.05) is 19.7 Å². The quantitative estimate of drug-likeness (QED) is 0.570. The van der Waals surface area contributed by atoms with E-state index in [4.69, 9.17) is 9.88 Å². The number of rotatable bonds is 7. The van der Waals surface area contributed by atoms with E-state index in [1.165, 1.54) is 12.1 Å². The third kappa shape index (κ3) is 7.39. The lowest BCUT2D eigenvalue weighted by Crippen LogP contribution is -2.58. The molecule has 0 bridgehead atoms. The Morgan fingerprint density at radius 3 is 2.34 bits per heavy atom. The Morgan fingerprint density at radius 1 is 1.09 bits per heavy atom. The van der Waals surface area contributed by atoms with Gasteiger partial charge in [-0.3, -0.25) is 9.69 Å². The van der Waals surface area contributed by atoms with Crippen LogP contribution in [0.25, 0.3) is 0 Å². The molecule has 2 aromatic rings. The number of carbonyl (C=O) groups is 1. The van der Waals surface area contributed by atoms with Crippen molar-refractivity contribution in [3.8, 4) is 5.75 Å². The van der Waals surface area contributed by atoms with Gasteiger partial charge in [0.05, 0.1) is 11.3 Å². The Morgan fingerprint density at radius 2 is 1.74 bits per heavy atom. The molecule has 1 fully saturated rings. The fourth-order valence-electron chi connectivity index (χ4n) is 4.04. The van der Waals surface area contributed by atoms with Crippen LogP contribution >= 0.6 is 0 Å². The lowest BCUT2D eigenvalue weighted by molar-refractivity contribution is -0.140. The summed E-state index contributed by atoms with van der Waals surface area (Å²) in [5.41, 5.74) is -0.381. The number of nitrogens with zero attached hydrogens (tertiary/aromatic N) is 2. The highest BCUT2D eigenvalue weighted by atomic mass is 32.2. The maximum absolute atomic E-state index is 13.2. The smallest absolute Gasteiger partial charge is 0.416 e. The van der Waals surface area contributed by atoms with E-state index in [-0.39, 0.29) is 35.1 Å². The molecule has 1 amide bonds. The first kappa shape index (κ1) is 26.9. The molecule has 35 heavy (non-hydrogen) atoms. The number of nitrogens with two attached hydrogens (primary N) is 1. The minimum absolute atomic E-state index is 0.00998. The van der Waals surface area contributed by atoms with Gasteiger partial charge in [-0.1, -0.05) is 12.1 Å². The molecule has 3 rings (SSSR count). The maximum Gasteiger partial charge on any atom is 0.416 e. The van der Waals surface area contributed by atoms with Crippen LogP contribution in [0.4, 0.5) is 17.6 Å². The average molecular weight is 518 g/mol. The Labute approximate surface area is 201 Å². The zero-order valence-corrected chi connectivity index (χ0v) is 20.1. The van der Waals surface area contributed by atoms with E-state index in [0.717, 1.165) is 17.7 Å². The molecule has 0 saturated carbocycles. The standard InChI is InChI=1S/C23H27F4N3O4S/c1-15-11-30(16(2)10-29(15)12-17-3-6-20(24)7-4-17)22(31)13-34-21-8-5-19(23(25,26)27)9-18(21)14-35(28,32)33/h3-9,15-16H,10-14H2,1-2H3,(H2,28,32,33)/t15-,16+/m0/s1. The number of hydrogen-bond donors (Lipinski definition) is 1. The molecular formula is C23H27F4N3O4S. The van der Waals surface area contributed by atoms with Crippen LogP contribution in [0.15, 0.2) is 42.5 Å². The van der Waals surface area contributed by atoms with Crippen molar-refractivity contribution in [2.24, 2.45) is 5.14 Å². The Kier molecular flexibility index (Phi) is 8.07. The van der Waals surface area contributed by atoms with E-state index in [2.05, 4.69) is 4.90 Å². The molecule has 0 spiro atoms. The summed E-state index contributed by atoms with van der Waals surface area (Å²) in [5.74, 6) is -1.72. The van der Waals surface area contributed by atoms with E-state index < -0.39 is 34.1 Å². The van der Waals surface area contributed by atoms with Gasteiger partial charge in [-0.2, -0.15) is 13.2 Å². The van der Waals surface area contributed by atoms with E-state index >= 15 is 0 Å². The summed E-state index contributed by atoms with van der Waals surface area (Å²) in [7, 11) is -4.14. The number of benzene rings is 2. The lowest BCUT2D eigenvalue weighted by atomic mass is 10.1. The Bertz CT molecular complexity index is 1160. The lowest BCUT2D eigenvalue weighted by Gasteiger charge is -2.44. The van der Waals surface area contributed by atoms with Gasteiger partial charge in [0.2, 0.25) is 10.0 Å². The van der Waals surface area contributed by atoms with Gasteiger partial charge in [0.15, 0.2) is 6.61 Å². The zero-order chi connectivity index (χ0) is 26.0. The number of primary sulfonamides is 1. The number of halogens is 4. The third-order valence-electron chi connectivity index (χ3n) is 5.83. The van der Waals surface area contributed by atoms with Gasteiger partial charge in [-0.15, -0.1) is 0 Å². The van der Waals surface area contributed by atoms with Crippen LogP contribution in [0.5, 0.6) is 5.75 Å². The van der Waals surface area contributed by atoms with Crippen LogP contribution in [0.1, 0.15) is 30.5 Å². The van der Waals surface area contributed by atoms with Gasteiger partial charge in [0.1, 0.15) is 11.6 Å². The predicted octanol–water partition coefficient (Wildman–Crippen LogP) is 3.13. The fourth-order valence-corrected chi connectivity index (χ4v) is 4.70. The van der Waals surface area contributed by atoms with Crippen molar-refractivity contribution in [1.82, 2.24) is 9.80 Å². The topological polar surface area (TPSA) is 92.9 Å². The summed E-state index contributed by atoms with van der Waals surface area (Å²) < 4.78 is 80.8. The third-order valence-corrected chi connectivity index (χ3v) is 6.54. The highest BCUT2D eigenvalue weighted by molar-refractivity contribution is 7.88. The molecule has 1 aliphatic heterocycles. The molecule has 1 aliphatic rings. The van der Waals surface area contributed by atoms with Gasteiger partial charge in [-0.05, 0) is 49.7 Å². The number of alkyl halides is 3. The van der Waals surface area contributed by atoms with Gasteiger partial charge in [0, 0.05) is 37.3 Å². The molecule has 2 aromatic carbocycles. The predicted molar refractivity (Wildman–Crippen MR) is 121 cm³/mol. The minimum atomic E-state index is -4.68. The second kappa shape index (κ2) is 10.5. The zero-order valence-electron chi connectivity index (χ0n) is 19.3. The van der Waals surface area contributed by atoms with Crippen molar-refractivity contribution in [2.45, 2.75) is 44.4 Å². The SMILES string of the molecule is C[C@@H]1CN(Cc2ccc(F)cc2)[C@@H](C)CN1C(=O)COc1ccc(C(F)(F)F)cc1CS(N)(=O)=O. The molecule has 0 radical (unpaired) electrons. The molecule has 0 aliphatic carbocycles. The summed E-state index contributed by atoms with van der Waals surface area (Å²) in [5, 5.41) is 5.01. The molecular weight excluding hydrogens is 490 g/mol. The summed E-state index contributed by atoms with van der Waals surface area (Å²) in [6.45, 7) is 4.89. The van der Waals surface area contributed by atoms with Crippen molar-refractivity contribution in [3.63, 3.8) is 0 Å². The number of amides is 1. The molecule has 7 nitrogen and oxygen atoms in total. The summed E-state index contributed by atoms with van der Waals surface area (Å²) in [4.78, 5) is 16.7. The minimum Gasteiger partial charge on any atom is -0.483 e. The first-order chi connectivity index (χ1) is 16.2.